The van der Waals surface area contributed by atoms with Gasteiger partial charge in [0.1, 0.15) is 10.6 Å². The zero-order valence-electron chi connectivity index (χ0n) is 18.7. The van der Waals surface area contributed by atoms with Gasteiger partial charge in [-0.3, -0.25) is 4.79 Å². The van der Waals surface area contributed by atoms with Gasteiger partial charge < -0.3 is 20.1 Å². The maximum atomic E-state index is 13.6. The van der Waals surface area contributed by atoms with Crippen LogP contribution in [0.25, 0.3) is 0 Å². The van der Waals surface area contributed by atoms with Gasteiger partial charge in [-0.15, -0.1) is 0 Å². The first kappa shape index (κ1) is 24.6. The Balaban J connectivity index is 1.44. The molecule has 4 N–H and O–H groups in total. The van der Waals surface area contributed by atoms with Crippen LogP contribution >= 0.6 is 11.6 Å². The van der Waals surface area contributed by atoms with E-state index in [1.165, 1.54) is 6.07 Å². The molecular formula is C23H26ClF2N3O5S. The van der Waals surface area contributed by atoms with Gasteiger partial charge in [0, 0.05) is 30.0 Å². The minimum absolute atomic E-state index is 0.0104. The normalized spacial score (nSPS) is 27.7. The smallest absolute Gasteiger partial charge is 0.273 e. The second kappa shape index (κ2) is 8.81. The molecule has 2 heterocycles. The molecule has 190 valence electrons. The third-order valence-electron chi connectivity index (χ3n) is 7.52. The molecule has 0 spiro atoms. The molecule has 2 bridgehead atoms. The molecule has 1 aromatic heterocycles. The van der Waals surface area contributed by atoms with Crippen molar-refractivity contribution >= 4 is 33.2 Å². The van der Waals surface area contributed by atoms with Gasteiger partial charge in [-0.1, -0.05) is 11.6 Å². The number of hydrogen-bond acceptors (Lipinski definition) is 5. The molecular weight excluding hydrogens is 504 g/mol. The number of aromatic nitrogens is 1. The van der Waals surface area contributed by atoms with Crippen molar-refractivity contribution in [2.75, 3.05) is 11.9 Å². The quantitative estimate of drug-likeness (QED) is 0.458. The van der Waals surface area contributed by atoms with E-state index >= 15 is 0 Å². The zero-order valence-corrected chi connectivity index (χ0v) is 20.3. The lowest BCUT2D eigenvalue weighted by molar-refractivity contribution is -0.0672. The molecule has 35 heavy (non-hydrogen) atoms. The van der Waals surface area contributed by atoms with Gasteiger partial charge in [0.2, 0.25) is 10.0 Å². The summed E-state index contributed by atoms with van der Waals surface area (Å²) in [5, 5.41) is 22.3. The molecule has 3 aliphatic rings. The molecule has 2 saturated carbocycles. The summed E-state index contributed by atoms with van der Waals surface area (Å²) in [7, 11) is -4.12. The maximum Gasteiger partial charge on any atom is 0.273 e. The number of fused-ring (bicyclic) bond motifs is 3. The molecule has 2 atom stereocenters. The van der Waals surface area contributed by atoms with Crippen molar-refractivity contribution in [1.82, 2.24) is 9.29 Å². The van der Waals surface area contributed by atoms with Gasteiger partial charge in [0.25, 0.3) is 5.91 Å². The highest BCUT2D eigenvalue weighted by Gasteiger charge is 2.50. The molecule has 1 aromatic carbocycles. The first-order valence-electron chi connectivity index (χ1n) is 11.6. The fourth-order valence-electron chi connectivity index (χ4n) is 6.02. The van der Waals surface area contributed by atoms with Crippen LogP contribution in [0, 0.1) is 23.5 Å². The Morgan fingerprint density at radius 3 is 2.51 bits per heavy atom. The molecule has 2 aromatic rings. The second-order valence-corrected chi connectivity index (χ2v) is 11.8. The first-order chi connectivity index (χ1) is 16.5. The van der Waals surface area contributed by atoms with Crippen molar-refractivity contribution < 1.29 is 32.2 Å². The Morgan fingerprint density at radius 1 is 1.20 bits per heavy atom. The topological polar surface area (TPSA) is 121 Å². The summed E-state index contributed by atoms with van der Waals surface area (Å²) in [5.41, 5.74) is -0.817. The van der Waals surface area contributed by atoms with Gasteiger partial charge in [-0.2, -0.15) is 0 Å². The van der Waals surface area contributed by atoms with Gasteiger partial charge in [-0.25, -0.2) is 21.9 Å². The Kier molecular flexibility index (Phi) is 6.20. The number of sulfonamides is 1. The van der Waals surface area contributed by atoms with Crippen molar-refractivity contribution in [3.05, 3.63) is 46.2 Å². The summed E-state index contributed by atoms with van der Waals surface area (Å²) < 4.78 is 58.3. The van der Waals surface area contributed by atoms with E-state index in [-0.39, 0.29) is 39.7 Å². The monoisotopic (exact) mass is 529 g/mol. The molecule has 5 rings (SSSR count). The van der Waals surface area contributed by atoms with E-state index in [0.717, 1.165) is 25.0 Å². The SMILES string of the molecule is O=C(Nc1ccc(F)c(F)c1)c1c(Cl)c(S(=O)(=O)NC2C3CCC2CC(O)(CO)C3)c2n1CCC2. The summed E-state index contributed by atoms with van der Waals surface area (Å²) in [6.45, 7) is 0.0258. The van der Waals surface area contributed by atoms with E-state index in [9.17, 15) is 32.2 Å². The highest BCUT2D eigenvalue weighted by Crippen LogP contribution is 2.47. The number of carbonyl (C=O) groups is 1. The summed E-state index contributed by atoms with van der Waals surface area (Å²) >= 11 is 6.52. The fraction of sp³-hybridized carbons (Fsp3) is 0.522. The van der Waals surface area contributed by atoms with Crippen molar-refractivity contribution in [1.29, 1.82) is 0 Å². The number of benzene rings is 1. The minimum Gasteiger partial charge on any atom is -0.393 e. The number of aliphatic hydroxyl groups excluding tert-OH is 1. The van der Waals surface area contributed by atoms with E-state index < -0.39 is 39.2 Å². The van der Waals surface area contributed by atoms with E-state index in [2.05, 4.69) is 10.0 Å². The number of amides is 1. The number of aliphatic hydroxyl groups is 2. The molecule has 2 unspecified atom stereocenters. The number of hydrogen-bond donors (Lipinski definition) is 4. The molecule has 1 aliphatic heterocycles. The first-order valence-corrected chi connectivity index (χ1v) is 13.4. The number of halogens is 3. The lowest BCUT2D eigenvalue weighted by Crippen LogP contribution is -2.51. The molecule has 8 nitrogen and oxygen atoms in total. The van der Waals surface area contributed by atoms with Crippen LogP contribution in [0.5, 0.6) is 0 Å². The second-order valence-electron chi connectivity index (χ2n) is 9.81. The highest BCUT2D eigenvalue weighted by molar-refractivity contribution is 7.89. The molecule has 0 radical (unpaired) electrons. The lowest BCUT2D eigenvalue weighted by atomic mass is 9.75. The molecule has 2 fully saturated rings. The van der Waals surface area contributed by atoms with E-state index in [4.69, 9.17) is 11.6 Å². The van der Waals surface area contributed by atoms with Crippen molar-refractivity contribution in [2.24, 2.45) is 11.8 Å². The van der Waals surface area contributed by atoms with E-state index in [1.54, 1.807) is 4.57 Å². The zero-order chi connectivity index (χ0) is 25.1. The number of nitrogens with one attached hydrogen (secondary N) is 2. The maximum absolute atomic E-state index is 13.6. The fourth-order valence-corrected chi connectivity index (χ4v) is 8.34. The van der Waals surface area contributed by atoms with Gasteiger partial charge in [-0.05, 0) is 62.5 Å². The van der Waals surface area contributed by atoms with Crippen LogP contribution < -0.4 is 10.0 Å². The van der Waals surface area contributed by atoms with Crippen LogP contribution in [0.2, 0.25) is 5.02 Å². The van der Waals surface area contributed by atoms with Crippen LogP contribution in [0.3, 0.4) is 0 Å². The predicted molar refractivity (Wildman–Crippen MR) is 124 cm³/mol. The van der Waals surface area contributed by atoms with Crippen molar-refractivity contribution in [3.63, 3.8) is 0 Å². The molecule has 12 heteroatoms. The third-order valence-corrected chi connectivity index (χ3v) is 9.56. The Morgan fingerprint density at radius 2 is 1.89 bits per heavy atom. The number of carbonyl (C=O) groups excluding carboxylic acids is 1. The minimum atomic E-state index is -4.12. The average Bonchev–Trinajstić information content (AvgIpc) is 3.41. The Bertz CT molecular complexity index is 1280. The molecule has 1 amide bonds. The predicted octanol–water partition coefficient (Wildman–Crippen LogP) is 2.81. The third kappa shape index (κ3) is 4.27. The number of nitrogens with zero attached hydrogens (tertiary/aromatic N) is 1. The summed E-state index contributed by atoms with van der Waals surface area (Å²) in [6.07, 6.45) is 3.12. The standard InChI is InChI=1S/C23H26ClF2N3O5S/c24-18-20(22(31)27-14-5-6-15(25)16(26)8-14)29-7-1-2-17(29)21(18)35(33,34)28-19-12-3-4-13(19)10-23(32,9-12)11-30/h5-6,8,12-13,19,28,30,32H,1-4,7,9-11H2,(H,27,31). The lowest BCUT2D eigenvalue weighted by Gasteiger charge is -2.40. The molecule has 0 saturated heterocycles. The van der Waals surface area contributed by atoms with Crippen molar-refractivity contribution in [3.8, 4) is 0 Å². The van der Waals surface area contributed by atoms with Gasteiger partial charge in [0.15, 0.2) is 11.6 Å². The van der Waals surface area contributed by atoms with Crippen LogP contribution in [-0.4, -0.2) is 47.4 Å². The molecule has 2 aliphatic carbocycles. The summed E-state index contributed by atoms with van der Waals surface area (Å²) in [4.78, 5) is 12.9. The number of rotatable bonds is 6. The van der Waals surface area contributed by atoms with Gasteiger partial charge in [0.05, 0.1) is 17.2 Å². The van der Waals surface area contributed by atoms with Gasteiger partial charge >= 0.3 is 0 Å². The van der Waals surface area contributed by atoms with Crippen LogP contribution in [-0.2, 0) is 23.0 Å². The van der Waals surface area contributed by atoms with Crippen LogP contribution in [0.4, 0.5) is 14.5 Å². The summed E-state index contributed by atoms with van der Waals surface area (Å²) in [5.74, 6) is -3.15. The summed E-state index contributed by atoms with van der Waals surface area (Å²) in [6, 6.07) is 2.51. The van der Waals surface area contributed by atoms with Crippen LogP contribution in [0.1, 0.15) is 48.3 Å². The Hall–Kier alpha value is -2.05. The van der Waals surface area contributed by atoms with Crippen LogP contribution in [0.15, 0.2) is 23.1 Å². The van der Waals surface area contributed by atoms with E-state index in [0.29, 0.717) is 37.9 Å². The van der Waals surface area contributed by atoms with Crippen molar-refractivity contribution in [2.45, 2.75) is 61.6 Å². The highest BCUT2D eigenvalue weighted by atomic mass is 35.5. The Labute approximate surface area is 206 Å². The number of anilines is 1. The largest absolute Gasteiger partial charge is 0.393 e. The van der Waals surface area contributed by atoms with E-state index in [1.807, 2.05) is 0 Å². The average molecular weight is 530 g/mol.